The van der Waals surface area contributed by atoms with Crippen LogP contribution in [0.25, 0.3) is 0 Å². The SMILES string of the molecule is CCCNC(=O)c1ccc(OC)c(C)c1OC. The molecule has 0 saturated heterocycles. The fourth-order valence-electron chi connectivity index (χ4n) is 1.67. The molecule has 1 rings (SSSR count). The summed E-state index contributed by atoms with van der Waals surface area (Å²) in [7, 11) is 3.15. The lowest BCUT2D eigenvalue weighted by Gasteiger charge is -2.14. The molecule has 0 fully saturated rings. The molecular formula is C13H19NO3. The van der Waals surface area contributed by atoms with E-state index in [-0.39, 0.29) is 5.91 Å². The molecule has 4 nitrogen and oxygen atoms in total. The lowest BCUT2D eigenvalue weighted by atomic mass is 10.1. The number of ether oxygens (including phenoxy) is 2. The third kappa shape index (κ3) is 2.90. The molecule has 0 heterocycles. The molecule has 1 N–H and O–H groups in total. The Bertz CT molecular complexity index is 402. The first-order valence-electron chi connectivity index (χ1n) is 5.65. The van der Waals surface area contributed by atoms with Crippen LogP contribution in [0.4, 0.5) is 0 Å². The molecule has 0 radical (unpaired) electrons. The molecule has 0 atom stereocenters. The first-order valence-corrected chi connectivity index (χ1v) is 5.65. The Hall–Kier alpha value is -1.71. The maximum absolute atomic E-state index is 11.9. The fraction of sp³-hybridized carbons (Fsp3) is 0.462. The molecule has 4 heteroatoms. The van der Waals surface area contributed by atoms with Crippen molar-refractivity contribution in [3.8, 4) is 11.5 Å². The molecule has 0 spiro atoms. The van der Waals surface area contributed by atoms with Gasteiger partial charge in [0.05, 0.1) is 19.8 Å². The minimum atomic E-state index is -0.116. The first-order chi connectivity index (χ1) is 8.15. The molecule has 0 bridgehead atoms. The van der Waals surface area contributed by atoms with E-state index >= 15 is 0 Å². The van der Waals surface area contributed by atoms with E-state index in [1.807, 2.05) is 13.8 Å². The molecule has 0 unspecified atom stereocenters. The Morgan fingerprint density at radius 2 is 2.00 bits per heavy atom. The van der Waals surface area contributed by atoms with Crippen LogP contribution in [0.5, 0.6) is 11.5 Å². The number of hydrogen-bond donors (Lipinski definition) is 1. The number of benzene rings is 1. The minimum absolute atomic E-state index is 0.116. The molecule has 0 aliphatic carbocycles. The average molecular weight is 237 g/mol. The van der Waals surface area contributed by atoms with E-state index in [1.165, 1.54) is 0 Å². The summed E-state index contributed by atoms with van der Waals surface area (Å²) in [6.45, 7) is 4.54. The van der Waals surface area contributed by atoms with Crippen molar-refractivity contribution in [2.75, 3.05) is 20.8 Å². The maximum atomic E-state index is 11.9. The zero-order valence-electron chi connectivity index (χ0n) is 10.8. The minimum Gasteiger partial charge on any atom is -0.496 e. The van der Waals surface area contributed by atoms with Gasteiger partial charge in [-0.3, -0.25) is 4.79 Å². The molecule has 0 aliphatic heterocycles. The highest BCUT2D eigenvalue weighted by molar-refractivity contribution is 5.97. The van der Waals surface area contributed by atoms with Gasteiger partial charge in [-0.1, -0.05) is 6.92 Å². The Balaban J connectivity index is 3.07. The zero-order chi connectivity index (χ0) is 12.8. The van der Waals surface area contributed by atoms with Crippen LogP contribution in [0.2, 0.25) is 0 Å². The highest BCUT2D eigenvalue weighted by atomic mass is 16.5. The largest absolute Gasteiger partial charge is 0.496 e. The van der Waals surface area contributed by atoms with Gasteiger partial charge in [0.2, 0.25) is 0 Å². The van der Waals surface area contributed by atoms with Crippen molar-refractivity contribution in [3.05, 3.63) is 23.3 Å². The number of methoxy groups -OCH3 is 2. The number of hydrogen-bond acceptors (Lipinski definition) is 3. The summed E-state index contributed by atoms with van der Waals surface area (Å²) in [5, 5.41) is 2.83. The summed E-state index contributed by atoms with van der Waals surface area (Å²) < 4.78 is 10.5. The van der Waals surface area contributed by atoms with Crippen LogP contribution in [0.15, 0.2) is 12.1 Å². The Morgan fingerprint density at radius 3 is 2.53 bits per heavy atom. The van der Waals surface area contributed by atoms with E-state index in [9.17, 15) is 4.79 Å². The van der Waals surface area contributed by atoms with Gasteiger partial charge in [-0.05, 0) is 25.5 Å². The summed E-state index contributed by atoms with van der Waals surface area (Å²) >= 11 is 0. The summed E-state index contributed by atoms with van der Waals surface area (Å²) in [5.74, 6) is 1.17. The third-order valence-corrected chi connectivity index (χ3v) is 2.56. The maximum Gasteiger partial charge on any atom is 0.255 e. The summed E-state index contributed by atoms with van der Waals surface area (Å²) in [6, 6.07) is 3.49. The standard InChI is InChI=1S/C13H19NO3/c1-5-8-14-13(15)10-6-7-11(16-3)9(2)12(10)17-4/h6-7H,5,8H2,1-4H3,(H,14,15). The van der Waals surface area contributed by atoms with Crippen molar-refractivity contribution in [2.24, 2.45) is 0 Å². The molecule has 17 heavy (non-hydrogen) atoms. The number of nitrogens with one attached hydrogen (secondary N) is 1. The molecule has 0 saturated carbocycles. The van der Waals surface area contributed by atoms with Gasteiger partial charge in [0.1, 0.15) is 11.5 Å². The van der Waals surface area contributed by atoms with E-state index < -0.39 is 0 Å². The predicted molar refractivity (Wildman–Crippen MR) is 66.9 cm³/mol. The molecule has 0 aliphatic rings. The molecule has 1 aromatic carbocycles. The number of carbonyl (C=O) groups is 1. The van der Waals surface area contributed by atoms with E-state index in [4.69, 9.17) is 9.47 Å². The zero-order valence-corrected chi connectivity index (χ0v) is 10.8. The monoisotopic (exact) mass is 237 g/mol. The van der Waals surface area contributed by atoms with Crippen molar-refractivity contribution < 1.29 is 14.3 Å². The molecular weight excluding hydrogens is 218 g/mol. The first kappa shape index (κ1) is 13.4. The summed E-state index contributed by atoms with van der Waals surface area (Å²) in [6.07, 6.45) is 0.906. The highest BCUT2D eigenvalue weighted by Crippen LogP contribution is 2.31. The summed E-state index contributed by atoms with van der Waals surface area (Å²) in [4.78, 5) is 11.9. The van der Waals surface area contributed by atoms with Crippen LogP contribution in [-0.2, 0) is 0 Å². The normalized spacial score (nSPS) is 9.88. The van der Waals surface area contributed by atoms with Crippen LogP contribution in [0.1, 0.15) is 29.3 Å². The van der Waals surface area contributed by atoms with E-state index in [0.29, 0.717) is 23.6 Å². The summed E-state index contributed by atoms with van der Waals surface area (Å²) in [5.41, 5.74) is 1.37. The molecule has 0 aromatic heterocycles. The second-order valence-corrected chi connectivity index (χ2v) is 3.73. The van der Waals surface area contributed by atoms with Gasteiger partial charge in [0.15, 0.2) is 0 Å². The second kappa shape index (κ2) is 6.13. The van der Waals surface area contributed by atoms with Gasteiger partial charge in [0.25, 0.3) is 5.91 Å². The topological polar surface area (TPSA) is 47.6 Å². The van der Waals surface area contributed by atoms with Gasteiger partial charge < -0.3 is 14.8 Å². The van der Waals surface area contributed by atoms with E-state index in [1.54, 1.807) is 26.4 Å². The van der Waals surface area contributed by atoms with Gasteiger partial charge in [-0.15, -0.1) is 0 Å². The van der Waals surface area contributed by atoms with Crippen molar-refractivity contribution in [1.82, 2.24) is 5.32 Å². The van der Waals surface area contributed by atoms with Crippen LogP contribution < -0.4 is 14.8 Å². The second-order valence-electron chi connectivity index (χ2n) is 3.73. The molecule has 1 aromatic rings. The predicted octanol–water partition coefficient (Wildman–Crippen LogP) is 2.15. The van der Waals surface area contributed by atoms with Crippen molar-refractivity contribution in [1.29, 1.82) is 0 Å². The lowest BCUT2D eigenvalue weighted by Crippen LogP contribution is -2.24. The van der Waals surface area contributed by atoms with Gasteiger partial charge >= 0.3 is 0 Å². The van der Waals surface area contributed by atoms with Gasteiger partial charge in [-0.2, -0.15) is 0 Å². The van der Waals surface area contributed by atoms with Crippen molar-refractivity contribution in [3.63, 3.8) is 0 Å². The van der Waals surface area contributed by atoms with Crippen LogP contribution in [-0.4, -0.2) is 26.7 Å². The quantitative estimate of drug-likeness (QED) is 0.853. The Morgan fingerprint density at radius 1 is 1.29 bits per heavy atom. The molecule has 1 amide bonds. The van der Waals surface area contributed by atoms with E-state index in [2.05, 4.69) is 5.32 Å². The Labute approximate surface area is 102 Å². The Kier molecular flexibility index (Phi) is 4.82. The van der Waals surface area contributed by atoms with Crippen molar-refractivity contribution >= 4 is 5.91 Å². The number of amides is 1. The average Bonchev–Trinajstić information content (AvgIpc) is 2.35. The van der Waals surface area contributed by atoms with Crippen molar-refractivity contribution in [2.45, 2.75) is 20.3 Å². The molecule has 94 valence electrons. The lowest BCUT2D eigenvalue weighted by molar-refractivity contribution is 0.0950. The number of carbonyl (C=O) groups excluding carboxylic acids is 1. The van der Waals surface area contributed by atoms with Crippen LogP contribution in [0.3, 0.4) is 0 Å². The highest BCUT2D eigenvalue weighted by Gasteiger charge is 2.16. The smallest absolute Gasteiger partial charge is 0.255 e. The number of rotatable bonds is 5. The van der Waals surface area contributed by atoms with Crippen LogP contribution >= 0.6 is 0 Å². The van der Waals surface area contributed by atoms with Gasteiger partial charge in [-0.25, -0.2) is 0 Å². The third-order valence-electron chi connectivity index (χ3n) is 2.56. The van der Waals surface area contributed by atoms with Crippen LogP contribution in [0, 0.1) is 6.92 Å². The van der Waals surface area contributed by atoms with Gasteiger partial charge in [0, 0.05) is 12.1 Å². The fourth-order valence-corrected chi connectivity index (χ4v) is 1.67. The van der Waals surface area contributed by atoms with E-state index in [0.717, 1.165) is 12.0 Å².